The summed E-state index contributed by atoms with van der Waals surface area (Å²) in [6, 6.07) is 22.8. The van der Waals surface area contributed by atoms with E-state index >= 15 is 0 Å². The lowest BCUT2D eigenvalue weighted by Crippen LogP contribution is -2.49. The molecule has 0 bridgehead atoms. The van der Waals surface area contributed by atoms with Crippen LogP contribution in [0, 0.1) is 19.8 Å². The van der Waals surface area contributed by atoms with E-state index in [1.807, 2.05) is 63.2 Å². The molecular formula is C26H26N2O3S. The second kappa shape index (κ2) is 7.50. The minimum absolute atomic E-state index is 0.152. The monoisotopic (exact) mass is 446 g/mol. The number of hydrogen-bond acceptors (Lipinski definition) is 3. The molecule has 2 heterocycles. The highest BCUT2D eigenvalue weighted by molar-refractivity contribution is 7.92. The van der Waals surface area contributed by atoms with E-state index in [2.05, 4.69) is 11.1 Å². The molecule has 4 aromatic rings. The Morgan fingerprint density at radius 2 is 1.56 bits per heavy atom. The topological polar surface area (TPSA) is 73.4 Å². The molecule has 0 radical (unpaired) electrons. The molecule has 0 aliphatic carbocycles. The second-order valence-electron chi connectivity index (χ2n) is 8.71. The number of aliphatic hydroxyl groups is 1. The number of nitrogens with one attached hydrogen (secondary N) is 1. The fraction of sp³-hybridized carbons (Fsp3) is 0.231. The maximum absolute atomic E-state index is 13.8. The molecule has 2 N–H and O–H groups in total. The number of aryl methyl sites for hydroxylation is 2. The molecule has 1 aliphatic rings. The fourth-order valence-corrected chi connectivity index (χ4v) is 6.37. The average molecular weight is 447 g/mol. The van der Waals surface area contributed by atoms with Gasteiger partial charge in [0.15, 0.2) is 0 Å². The van der Waals surface area contributed by atoms with Gasteiger partial charge in [0, 0.05) is 28.3 Å². The number of hydrogen-bond donors (Lipinski definition) is 2. The van der Waals surface area contributed by atoms with E-state index in [1.54, 1.807) is 24.3 Å². The summed E-state index contributed by atoms with van der Waals surface area (Å²) in [5, 5.41) is 12.4. The number of H-pyrrole nitrogens is 1. The van der Waals surface area contributed by atoms with Crippen LogP contribution in [0.4, 0.5) is 5.82 Å². The lowest BCUT2D eigenvalue weighted by atomic mass is 9.78. The van der Waals surface area contributed by atoms with Crippen LogP contribution in [0.1, 0.15) is 35.1 Å². The normalized spacial score (nSPS) is 21.0. The second-order valence-corrected chi connectivity index (χ2v) is 10.5. The fourth-order valence-electron chi connectivity index (χ4n) is 4.80. The lowest BCUT2D eigenvalue weighted by Gasteiger charge is -2.41. The van der Waals surface area contributed by atoms with Crippen molar-refractivity contribution in [2.45, 2.75) is 37.8 Å². The van der Waals surface area contributed by atoms with Gasteiger partial charge in [-0.3, -0.25) is 0 Å². The van der Waals surface area contributed by atoms with Crippen LogP contribution in [0.25, 0.3) is 10.9 Å². The van der Waals surface area contributed by atoms with Gasteiger partial charge in [-0.25, -0.2) is 12.7 Å². The van der Waals surface area contributed by atoms with Crippen molar-refractivity contribution in [1.82, 2.24) is 4.98 Å². The van der Waals surface area contributed by atoms with Crippen molar-refractivity contribution in [2.75, 3.05) is 4.31 Å². The van der Waals surface area contributed by atoms with Gasteiger partial charge in [0.05, 0.1) is 4.90 Å². The molecular weight excluding hydrogens is 420 g/mol. The molecule has 6 heteroatoms. The summed E-state index contributed by atoms with van der Waals surface area (Å²) in [6.07, 6.45) is -1.21. The molecule has 164 valence electrons. The molecule has 0 saturated carbocycles. The third-order valence-electron chi connectivity index (χ3n) is 6.48. The van der Waals surface area contributed by atoms with Crippen LogP contribution >= 0.6 is 0 Å². The maximum Gasteiger partial charge on any atom is 0.267 e. The van der Waals surface area contributed by atoms with E-state index < -0.39 is 16.3 Å². The minimum Gasteiger partial charge on any atom is -0.372 e. The number of rotatable bonds is 3. The van der Waals surface area contributed by atoms with Gasteiger partial charge < -0.3 is 10.1 Å². The van der Waals surface area contributed by atoms with E-state index in [0.717, 1.165) is 33.2 Å². The zero-order chi connectivity index (χ0) is 22.6. The highest BCUT2D eigenvalue weighted by Crippen LogP contribution is 2.49. The van der Waals surface area contributed by atoms with E-state index in [4.69, 9.17) is 0 Å². The average Bonchev–Trinajstić information content (AvgIpc) is 3.13. The Hall–Kier alpha value is -3.09. The van der Waals surface area contributed by atoms with E-state index in [1.165, 1.54) is 4.31 Å². The molecule has 3 atom stereocenters. The predicted molar refractivity (Wildman–Crippen MR) is 127 cm³/mol. The van der Waals surface area contributed by atoms with Gasteiger partial charge >= 0.3 is 0 Å². The standard InChI is InChI=1S/C26H26N2O3S/c1-16-9-12-20(13-10-16)32(30,31)28-25-24(21-15-17(2)11-14-22(21)27-25)23(18(3)26(28)29)19-7-5-4-6-8-19/h4-15,18,23,26-27,29H,1-3H3/t18-,23+,26-/m1/s1. The van der Waals surface area contributed by atoms with Gasteiger partial charge in [0.2, 0.25) is 0 Å². The molecule has 0 spiro atoms. The molecule has 1 aliphatic heterocycles. The molecule has 32 heavy (non-hydrogen) atoms. The Morgan fingerprint density at radius 1 is 0.906 bits per heavy atom. The first-order valence-electron chi connectivity index (χ1n) is 10.8. The zero-order valence-electron chi connectivity index (χ0n) is 18.3. The number of benzene rings is 3. The third-order valence-corrected chi connectivity index (χ3v) is 8.26. The molecule has 5 nitrogen and oxygen atoms in total. The SMILES string of the molecule is Cc1ccc(S(=O)(=O)N2c3[nH]c4ccc(C)cc4c3[C@H](c3ccccc3)[C@@H](C)[C@H]2O)cc1. The molecule has 3 aromatic carbocycles. The van der Waals surface area contributed by atoms with Crippen LogP contribution in [0.3, 0.4) is 0 Å². The zero-order valence-corrected chi connectivity index (χ0v) is 19.1. The van der Waals surface area contributed by atoms with Crippen LogP contribution in [-0.4, -0.2) is 24.7 Å². The Bertz CT molecular complexity index is 1390. The van der Waals surface area contributed by atoms with Crippen LogP contribution in [-0.2, 0) is 10.0 Å². The van der Waals surface area contributed by atoms with E-state index in [9.17, 15) is 13.5 Å². The number of aromatic amines is 1. The number of aromatic nitrogens is 1. The quantitative estimate of drug-likeness (QED) is 0.461. The largest absolute Gasteiger partial charge is 0.372 e. The van der Waals surface area contributed by atoms with E-state index in [-0.39, 0.29) is 16.7 Å². The number of anilines is 1. The van der Waals surface area contributed by atoms with Gasteiger partial charge in [0.1, 0.15) is 12.0 Å². The van der Waals surface area contributed by atoms with Crippen LogP contribution in [0.15, 0.2) is 77.7 Å². The van der Waals surface area contributed by atoms with Gasteiger partial charge in [-0.05, 0) is 43.7 Å². The lowest BCUT2D eigenvalue weighted by molar-refractivity contribution is 0.112. The van der Waals surface area contributed by atoms with E-state index in [0.29, 0.717) is 5.82 Å². The number of fused-ring (bicyclic) bond motifs is 3. The summed E-state index contributed by atoms with van der Waals surface area (Å²) in [6.45, 7) is 5.85. The first-order valence-corrected chi connectivity index (χ1v) is 12.2. The summed E-state index contributed by atoms with van der Waals surface area (Å²) in [5.41, 5.74) is 4.88. The first kappa shape index (κ1) is 20.8. The van der Waals surface area contributed by atoms with Gasteiger partial charge in [-0.1, -0.05) is 66.6 Å². The molecule has 0 saturated heterocycles. The van der Waals surface area contributed by atoms with Crippen molar-refractivity contribution >= 4 is 26.7 Å². The maximum atomic E-state index is 13.8. The molecule has 0 unspecified atom stereocenters. The smallest absolute Gasteiger partial charge is 0.267 e. The predicted octanol–water partition coefficient (Wildman–Crippen LogP) is 5.08. The van der Waals surface area contributed by atoms with Crippen LogP contribution in [0.5, 0.6) is 0 Å². The third kappa shape index (κ3) is 3.14. The van der Waals surface area contributed by atoms with Crippen molar-refractivity contribution in [3.63, 3.8) is 0 Å². The first-order chi connectivity index (χ1) is 15.3. The summed E-state index contributed by atoms with van der Waals surface area (Å²) in [4.78, 5) is 3.48. The molecule has 5 rings (SSSR count). The Balaban J connectivity index is 1.79. The van der Waals surface area contributed by atoms with Crippen LogP contribution in [0.2, 0.25) is 0 Å². The van der Waals surface area contributed by atoms with Crippen molar-refractivity contribution in [3.8, 4) is 0 Å². The number of sulfonamides is 1. The molecule has 0 amide bonds. The number of aliphatic hydroxyl groups excluding tert-OH is 1. The van der Waals surface area contributed by atoms with Crippen LogP contribution < -0.4 is 4.31 Å². The van der Waals surface area contributed by atoms with Crippen molar-refractivity contribution < 1.29 is 13.5 Å². The number of nitrogens with zero attached hydrogens (tertiary/aromatic N) is 1. The van der Waals surface area contributed by atoms with Crippen molar-refractivity contribution in [2.24, 2.45) is 5.92 Å². The summed E-state index contributed by atoms with van der Waals surface area (Å²) in [7, 11) is -3.99. The molecule has 1 aromatic heterocycles. The Labute approximate surface area is 188 Å². The van der Waals surface area contributed by atoms with Crippen molar-refractivity contribution in [1.29, 1.82) is 0 Å². The highest BCUT2D eigenvalue weighted by atomic mass is 32.2. The minimum atomic E-state index is -3.99. The summed E-state index contributed by atoms with van der Waals surface area (Å²) >= 11 is 0. The molecule has 0 fully saturated rings. The Kier molecular flexibility index (Phi) is 4.87. The van der Waals surface area contributed by atoms with Gasteiger partial charge in [0.25, 0.3) is 10.0 Å². The summed E-state index contributed by atoms with van der Waals surface area (Å²) in [5.74, 6) is -0.0727. The van der Waals surface area contributed by atoms with Crippen molar-refractivity contribution in [3.05, 3.63) is 95.1 Å². The highest BCUT2D eigenvalue weighted by Gasteiger charge is 2.46. The van der Waals surface area contributed by atoms with Gasteiger partial charge in [-0.2, -0.15) is 0 Å². The van der Waals surface area contributed by atoms with Gasteiger partial charge in [-0.15, -0.1) is 0 Å². The summed E-state index contributed by atoms with van der Waals surface area (Å²) < 4.78 is 28.7. The Morgan fingerprint density at radius 3 is 2.25 bits per heavy atom.